The number of rotatable bonds is 2. The lowest BCUT2D eigenvalue weighted by Crippen LogP contribution is -2.12. The molecule has 0 aliphatic carbocycles. The summed E-state index contributed by atoms with van der Waals surface area (Å²) in [7, 11) is 0. The summed E-state index contributed by atoms with van der Waals surface area (Å²) in [6.45, 7) is 6.11. The molecule has 0 aliphatic heterocycles. The van der Waals surface area contributed by atoms with E-state index >= 15 is 0 Å². The summed E-state index contributed by atoms with van der Waals surface area (Å²) >= 11 is 0. The first kappa shape index (κ1) is 12.0. The topological polar surface area (TPSA) is 26.0 Å². The van der Waals surface area contributed by atoms with Gasteiger partial charge in [0.25, 0.3) is 0 Å². The van der Waals surface area contributed by atoms with Gasteiger partial charge in [-0.1, -0.05) is 26.8 Å². The van der Waals surface area contributed by atoms with E-state index in [-0.39, 0.29) is 11.8 Å². The number of nitrogen functional groups attached to an aromatic ring is 1. The van der Waals surface area contributed by atoms with Crippen molar-refractivity contribution in [2.24, 2.45) is 0 Å². The minimum Gasteiger partial charge on any atom is -0.399 e. The third-order valence-electron chi connectivity index (χ3n) is 2.27. The third kappa shape index (κ3) is 3.50. The standard InChI is InChI=1S/C12H17F2N/c1-12(2,3)9-4-8(6-11(13)14)5-10(15)7-9/h4-5,7,11H,6,15H2,1-3H3. The molecule has 1 rings (SSSR count). The summed E-state index contributed by atoms with van der Waals surface area (Å²) in [4.78, 5) is 0. The SMILES string of the molecule is CC(C)(C)c1cc(N)cc(CC(F)F)c1. The summed E-state index contributed by atoms with van der Waals surface area (Å²) in [6, 6.07) is 5.26. The van der Waals surface area contributed by atoms with Gasteiger partial charge in [0.15, 0.2) is 0 Å². The highest BCUT2D eigenvalue weighted by molar-refractivity contribution is 5.46. The summed E-state index contributed by atoms with van der Waals surface area (Å²) in [5.74, 6) is 0. The van der Waals surface area contributed by atoms with E-state index < -0.39 is 6.43 Å². The average Bonchev–Trinajstić information content (AvgIpc) is 1.99. The first-order valence-corrected chi connectivity index (χ1v) is 4.97. The molecule has 0 unspecified atom stereocenters. The lowest BCUT2D eigenvalue weighted by Gasteiger charge is -2.20. The molecule has 0 aliphatic rings. The second-order valence-electron chi connectivity index (χ2n) is 4.81. The Bertz CT molecular complexity index is 340. The zero-order chi connectivity index (χ0) is 11.6. The number of alkyl halides is 2. The molecule has 1 aromatic carbocycles. The van der Waals surface area contributed by atoms with Crippen LogP contribution in [0, 0.1) is 0 Å². The molecule has 0 spiro atoms. The van der Waals surface area contributed by atoms with Crippen LogP contribution in [0.3, 0.4) is 0 Å². The number of nitrogens with two attached hydrogens (primary N) is 1. The van der Waals surface area contributed by atoms with Crippen LogP contribution in [0.25, 0.3) is 0 Å². The van der Waals surface area contributed by atoms with Gasteiger partial charge in [0, 0.05) is 12.1 Å². The van der Waals surface area contributed by atoms with Crippen LogP contribution in [0.15, 0.2) is 18.2 Å². The molecule has 3 heteroatoms. The van der Waals surface area contributed by atoms with Crippen LogP contribution in [0.1, 0.15) is 31.9 Å². The third-order valence-corrected chi connectivity index (χ3v) is 2.27. The molecule has 0 heterocycles. The van der Waals surface area contributed by atoms with Crippen molar-refractivity contribution in [1.29, 1.82) is 0 Å². The van der Waals surface area contributed by atoms with Gasteiger partial charge in [-0.25, -0.2) is 8.78 Å². The molecule has 0 saturated heterocycles. The van der Waals surface area contributed by atoms with Gasteiger partial charge in [-0.2, -0.15) is 0 Å². The summed E-state index contributed by atoms with van der Waals surface area (Å²) in [6.07, 6.45) is -2.55. The van der Waals surface area contributed by atoms with Crippen LogP contribution in [0.4, 0.5) is 14.5 Å². The zero-order valence-electron chi connectivity index (χ0n) is 9.35. The Balaban J connectivity index is 3.06. The molecule has 0 fully saturated rings. The Labute approximate surface area is 89.3 Å². The van der Waals surface area contributed by atoms with Crippen molar-refractivity contribution in [3.8, 4) is 0 Å². The molecule has 0 bridgehead atoms. The van der Waals surface area contributed by atoms with Gasteiger partial charge < -0.3 is 5.73 Å². The van der Waals surface area contributed by atoms with E-state index in [1.807, 2.05) is 32.9 Å². The van der Waals surface area contributed by atoms with Gasteiger partial charge in [0.2, 0.25) is 6.43 Å². The predicted octanol–water partition coefficient (Wildman–Crippen LogP) is 3.37. The maximum Gasteiger partial charge on any atom is 0.242 e. The van der Waals surface area contributed by atoms with Crippen molar-refractivity contribution < 1.29 is 8.78 Å². The maximum absolute atomic E-state index is 12.2. The minimum atomic E-state index is -2.32. The van der Waals surface area contributed by atoms with Gasteiger partial charge in [-0.05, 0) is 28.7 Å². The van der Waals surface area contributed by atoms with Crippen LogP contribution in [0.5, 0.6) is 0 Å². The van der Waals surface area contributed by atoms with Crippen molar-refractivity contribution in [3.63, 3.8) is 0 Å². The Morgan fingerprint density at radius 2 is 1.80 bits per heavy atom. The monoisotopic (exact) mass is 213 g/mol. The van der Waals surface area contributed by atoms with Gasteiger partial charge in [-0.15, -0.1) is 0 Å². The predicted molar refractivity (Wildman–Crippen MR) is 59.3 cm³/mol. The Morgan fingerprint density at radius 1 is 1.20 bits per heavy atom. The van der Waals surface area contributed by atoms with E-state index in [4.69, 9.17) is 5.73 Å². The number of hydrogen-bond acceptors (Lipinski definition) is 1. The average molecular weight is 213 g/mol. The van der Waals surface area contributed by atoms with Gasteiger partial charge >= 0.3 is 0 Å². The highest BCUT2D eigenvalue weighted by atomic mass is 19.3. The first-order chi connectivity index (χ1) is 6.79. The van der Waals surface area contributed by atoms with Crippen molar-refractivity contribution in [2.75, 3.05) is 5.73 Å². The fourth-order valence-electron chi connectivity index (χ4n) is 1.45. The molecule has 84 valence electrons. The van der Waals surface area contributed by atoms with E-state index in [9.17, 15) is 8.78 Å². The van der Waals surface area contributed by atoms with Crippen LogP contribution in [-0.2, 0) is 11.8 Å². The molecule has 1 aromatic rings. The lowest BCUT2D eigenvalue weighted by atomic mass is 9.85. The lowest BCUT2D eigenvalue weighted by molar-refractivity contribution is 0.149. The van der Waals surface area contributed by atoms with Crippen LogP contribution >= 0.6 is 0 Å². The molecule has 0 aromatic heterocycles. The minimum absolute atomic E-state index is 0.0632. The van der Waals surface area contributed by atoms with E-state index in [2.05, 4.69) is 0 Å². The number of benzene rings is 1. The van der Waals surface area contributed by atoms with Crippen molar-refractivity contribution >= 4 is 5.69 Å². The first-order valence-electron chi connectivity index (χ1n) is 4.97. The number of anilines is 1. The van der Waals surface area contributed by atoms with Crippen LogP contribution in [0.2, 0.25) is 0 Å². The van der Waals surface area contributed by atoms with Gasteiger partial charge in [-0.3, -0.25) is 0 Å². The molecular weight excluding hydrogens is 196 g/mol. The molecule has 0 atom stereocenters. The van der Waals surface area contributed by atoms with Crippen molar-refractivity contribution in [2.45, 2.75) is 39.0 Å². The fraction of sp³-hybridized carbons (Fsp3) is 0.500. The molecular formula is C12H17F2N. The largest absolute Gasteiger partial charge is 0.399 e. The second kappa shape index (κ2) is 4.17. The fourth-order valence-corrected chi connectivity index (χ4v) is 1.45. The normalized spacial score (nSPS) is 12.1. The quantitative estimate of drug-likeness (QED) is 0.749. The van der Waals surface area contributed by atoms with Crippen molar-refractivity contribution in [3.05, 3.63) is 29.3 Å². The Kier molecular flexibility index (Phi) is 3.32. The summed E-state index contributed by atoms with van der Waals surface area (Å²) in [5, 5.41) is 0. The van der Waals surface area contributed by atoms with E-state index in [0.29, 0.717) is 11.3 Å². The number of hydrogen-bond donors (Lipinski definition) is 1. The van der Waals surface area contributed by atoms with Crippen LogP contribution in [-0.4, -0.2) is 6.43 Å². The molecule has 15 heavy (non-hydrogen) atoms. The summed E-state index contributed by atoms with van der Waals surface area (Å²) in [5.41, 5.74) is 7.78. The molecule has 2 N–H and O–H groups in total. The molecule has 0 saturated carbocycles. The van der Waals surface area contributed by atoms with E-state index in [1.165, 1.54) is 0 Å². The second-order valence-corrected chi connectivity index (χ2v) is 4.81. The molecule has 1 nitrogen and oxygen atoms in total. The maximum atomic E-state index is 12.2. The molecule has 0 amide bonds. The van der Waals surface area contributed by atoms with E-state index in [0.717, 1.165) is 5.56 Å². The van der Waals surface area contributed by atoms with Gasteiger partial charge in [0.05, 0.1) is 0 Å². The highest BCUT2D eigenvalue weighted by Gasteiger charge is 2.15. The smallest absolute Gasteiger partial charge is 0.242 e. The zero-order valence-corrected chi connectivity index (χ0v) is 9.35. The molecule has 0 radical (unpaired) electrons. The summed E-state index contributed by atoms with van der Waals surface area (Å²) < 4.78 is 24.5. The Hall–Kier alpha value is -1.12. The Morgan fingerprint density at radius 3 is 2.27 bits per heavy atom. The number of halogens is 2. The van der Waals surface area contributed by atoms with Crippen molar-refractivity contribution in [1.82, 2.24) is 0 Å². The van der Waals surface area contributed by atoms with Gasteiger partial charge in [0.1, 0.15) is 0 Å². The highest BCUT2D eigenvalue weighted by Crippen LogP contribution is 2.26. The van der Waals surface area contributed by atoms with E-state index in [1.54, 1.807) is 6.07 Å². The van der Waals surface area contributed by atoms with Crippen LogP contribution < -0.4 is 5.73 Å².